The van der Waals surface area contributed by atoms with Crippen LogP contribution in [0.3, 0.4) is 0 Å². The van der Waals surface area contributed by atoms with Crippen molar-refractivity contribution in [2.24, 2.45) is 0 Å². The predicted molar refractivity (Wildman–Crippen MR) is 115 cm³/mol. The number of hydrogen-bond donors (Lipinski definition) is 1. The van der Waals surface area contributed by atoms with Gasteiger partial charge in [0.25, 0.3) is 0 Å². The van der Waals surface area contributed by atoms with E-state index < -0.39 is 10.0 Å². The van der Waals surface area contributed by atoms with Gasteiger partial charge in [0.15, 0.2) is 5.78 Å². The second kappa shape index (κ2) is 8.70. The minimum absolute atomic E-state index is 0.0171. The third-order valence-corrected chi connectivity index (χ3v) is 7.41. The van der Waals surface area contributed by atoms with Crippen molar-refractivity contribution in [3.63, 3.8) is 0 Å². The summed E-state index contributed by atoms with van der Waals surface area (Å²) in [4.78, 5) is 26.9. The monoisotopic (exact) mass is 426 g/mol. The number of nitrogens with zero attached hydrogens (tertiary/aromatic N) is 1. The molecule has 0 unspecified atom stereocenters. The van der Waals surface area contributed by atoms with Crippen molar-refractivity contribution in [3.8, 4) is 0 Å². The number of benzene rings is 2. The van der Waals surface area contributed by atoms with Crippen LogP contribution in [0.1, 0.15) is 54.4 Å². The zero-order valence-electron chi connectivity index (χ0n) is 16.8. The van der Waals surface area contributed by atoms with Crippen LogP contribution in [0.15, 0.2) is 53.4 Å². The molecule has 6 nitrogen and oxygen atoms in total. The van der Waals surface area contributed by atoms with Gasteiger partial charge in [-0.25, -0.2) is 13.1 Å². The molecule has 1 aliphatic carbocycles. The van der Waals surface area contributed by atoms with Crippen LogP contribution in [0.5, 0.6) is 0 Å². The fourth-order valence-electron chi connectivity index (χ4n) is 4.26. The van der Waals surface area contributed by atoms with E-state index in [1.165, 1.54) is 0 Å². The summed E-state index contributed by atoms with van der Waals surface area (Å²) in [5.74, 6) is -0.166. The highest BCUT2D eigenvalue weighted by molar-refractivity contribution is 7.89. The summed E-state index contributed by atoms with van der Waals surface area (Å²) < 4.78 is 28.2. The van der Waals surface area contributed by atoms with Crippen molar-refractivity contribution in [2.75, 3.05) is 11.4 Å². The number of anilines is 1. The first-order valence-corrected chi connectivity index (χ1v) is 12.0. The van der Waals surface area contributed by atoms with Crippen molar-refractivity contribution >= 4 is 27.4 Å². The van der Waals surface area contributed by atoms with Gasteiger partial charge in [-0.15, -0.1) is 0 Å². The normalized spacial score (nSPS) is 16.6. The molecule has 30 heavy (non-hydrogen) atoms. The number of nitrogens with one attached hydrogen (secondary N) is 1. The highest BCUT2D eigenvalue weighted by atomic mass is 32.2. The predicted octanol–water partition coefficient (Wildman–Crippen LogP) is 3.46. The van der Waals surface area contributed by atoms with Gasteiger partial charge in [0.05, 0.1) is 4.90 Å². The summed E-state index contributed by atoms with van der Waals surface area (Å²) in [7, 11) is -3.55. The first-order valence-electron chi connectivity index (χ1n) is 10.5. The maximum Gasteiger partial charge on any atom is 0.240 e. The summed E-state index contributed by atoms with van der Waals surface area (Å²) in [6, 6.07) is 13.9. The minimum Gasteiger partial charge on any atom is -0.312 e. The Kier molecular flexibility index (Phi) is 6.01. The average Bonchev–Trinajstić information content (AvgIpc) is 3.41. The van der Waals surface area contributed by atoms with Crippen LogP contribution in [-0.4, -0.2) is 32.7 Å². The Morgan fingerprint density at radius 1 is 1.00 bits per heavy atom. The molecule has 0 bridgehead atoms. The molecular weight excluding hydrogens is 400 g/mol. The fraction of sp³-hybridized carbons (Fsp3) is 0.391. The van der Waals surface area contributed by atoms with E-state index in [1.54, 1.807) is 47.4 Å². The smallest absolute Gasteiger partial charge is 0.240 e. The lowest BCUT2D eigenvalue weighted by atomic mass is 10.1. The van der Waals surface area contributed by atoms with E-state index in [0.717, 1.165) is 36.9 Å². The van der Waals surface area contributed by atoms with Crippen LogP contribution in [0.25, 0.3) is 0 Å². The Labute approximate surface area is 177 Å². The van der Waals surface area contributed by atoms with E-state index in [1.807, 2.05) is 6.07 Å². The standard InChI is InChI=1S/C23H26N2O4S/c26-22(17-6-2-1-3-7-17)12-13-23(27)25-15-14-18-16-20(10-11-21(18)25)30(28,29)24-19-8-4-5-9-19/h1-3,6-7,10-11,16,19,24H,4-5,8-9,12-15H2. The summed E-state index contributed by atoms with van der Waals surface area (Å²) in [6.45, 7) is 0.507. The van der Waals surface area contributed by atoms with Crippen molar-refractivity contribution in [3.05, 3.63) is 59.7 Å². The Balaban J connectivity index is 1.41. The van der Waals surface area contributed by atoms with Gasteiger partial charge in [0.2, 0.25) is 15.9 Å². The summed E-state index contributed by atoms with van der Waals surface area (Å²) >= 11 is 0. The van der Waals surface area contributed by atoms with Gasteiger partial charge in [0.1, 0.15) is 0 Å². The van der Waals surface area contributed by atoms with E-state index in [2.05, 4.69) is 4.72 Å². The molecule has 1 amide bonds. The number of carbonyl (C=O) groups excluding carboxylic acids is 2. The number of amides is 1. The van der Waals surface area contributed by atoms with E-state index in [9.17, 15) is 18.0 Å². The molecule has 1 saturated carbocycles. The Morgan fingerprint density at radius 2 is 1.73 bits per heavy atom. The van der Waals surface area contributed by atoms with E-state index >= 15 is 0 Å². The molecule has 1 heterocycles. The summed E-state index contributed by atoms with van der Waals surface area (Å²) in [6.07, 6.45) is 4.79. The van der Waals surface area contributed by atoms with E-state index in [0.29, 0.717) is 18.5 Å². The molecule has 1 fully saturated rings. The molecular formula is C23H26N2O4S. The second-order valence-corrected chi connectivity index (χ2v) is 9.69. The Morgan fingerprint density at radius 3 is 2.47 bits per heavy atom. The van der Waals surface area contributed by atoms with Crippen LogP contribution in [0.4, 0.5) is 5.69 Å². The topological polar surface area (TPSA) is 83.6 Å². The third kappa shape index (κ3) is 4.47. The zero-order valence-corrected chi connectivity index (χ0v) is 17.7. The molecule has 0 radical (unpaired) electrons. The van der Waals surface area contributed by atoms with Crippen LogP contribution in [0.2, 0.25) is 0 Å². The Bertz CT molecular complexity index is 1040. The van der Waals surface area contributed by atoms with Crippen LogP contribution in [0, 0.1) is 0 Å². The minimum atomic E-state index is -3.55. The third-order valence-electron chi connectivity index (χ3n) is 5.90. The van der Waals surface area contributed by atoms with Crippen LogP contribution < -0.4 is 9.62 Å². The summed E-state index contributed by atoms with van der Waals surface area (Å²) in [5, 5.41) is 0. The molecule has 2 aliphatic rings. The number of ketones is 1. The maximum absolute atomic E-state index is 12.7. The van der Waals surface area contributed by atoms with Gasteiger partial charge in [-0.1, -0.05) is 43.2 Å². The quantitative estimate of drug-likeness (QED) is 0.688. The summed E-state index contributed by atoms with van der Waals surface area (Å²) in [5.41, 5.74) is 2.20. The highest BCUT2D eigenvalue weighted by Gasteiger charge is 2.28. The van der Waals surface area contributed by atoms with Gasteiger partial charge < -0.3 is 4.90 Å². The van der Waals surface area contributed by atoms with E-state index in [4.69, 9.17) is 0 Å². The maximum atomic E-state index is 12.7. The van der Waals surface area contributed by atoms with Gasteiger partial charge >= 0.3 is 0 Å². The lowest BCUT2D eigenvalue weighted by Crippen LogP contribution is -2.32. The molecule has 0 atom stereocenters. The molecule has 0 saturated heterocycles. The number of fused-ring (bicyclic) bond motifs is 1. The first kappa shape index (κ1) is 20.8. The number of rotatable bonds is 7. The number of carbonyl (C=O) groups is 2. The second-order valence-electron chi connectivity index (χ2n) is 7.98. The van der Waals surface area contributed by atoms with Gasteiger partial charge in [-0.05, 0) is 43.0 Å². The first-order chi connectivity index (χ1) is 14.4. The van der Waals surface area contributed by atoms with Crippen LogP contribution in [-0.2, 0) is 21.2 Å². The molecule has 7 heteroatoms. The largest absolute Gasteiger partial charge is 0.312 e. The molecule has 158 valence electrons. The molecule has 2 aromatic carbocycles. The van der Waals surface area contributed by atoms with Crippen molar-refractivity contribution < 1.29 is 18.0 Å². The number of Topliss-reactive ketones (excluding diaryl/α,β-unsaturated/α-hetero) is 1. The zero-order chi connectivity index (χ0) is 21.1. The molecule has 4 rings (SSSR count). The lowest BCUT2D eigenvalue weighted by Gasteiger charge is -2.18. The Hall–Kier alpha value is -2.51. The van der Waals surface area contributed by atoms with Crippen molar-refractivity contribution in [2.45, 2.75) is 55.9 Å². The van der Waals surface area contributed by atoms with E-state index in [-0.39, 0.29) is 35.5 Å². The molecule has 1 aliphatic heterocycles. The van der Waals surface area contributed by atoms with Crippen molar-refractivity contribution in [1.29, 1.82) is 0 Å². The van der Waals surface area contributed by atoms with Gasteiger partial charge in [0, 0.05) is 36.7 Å². The molecule has 0 aromatic heterocycles. The SMILES string of the molecule is O=C(CCC(=O)N1CCc2cc(S(=O)(=O)NC3CCCC3)ccc21)c1ccccc1. The number of sulfonamides is 1. The van der Waals surface area contributed by atoms with Crippen molar-refractivity contribution in [1.82, 2.24) is 4.72 Å². The molecule has 0 spiro atoms. The number of hydrogen-bond acceptors (Lipinski definition) is 4. The molecule has 2 aromatic rings. The van der Waals surface area contributed by atoms with Gasteiger partial charge in [-0.3, -0.25) is 9.59 Å². The average molecular weight is 427 g/mol. The lowest BCUT2D eigenvalue weighted by molar-refractivity contribution is -0.118. The molecule has 1 N–H and O–H groups in total. The van der Waals surface area contributed by atoms with Crippen LogP contribution >= 0.6 is 0 Å². The van der Waals surface area contributed by atoms with Gasteiger partial charge in [-0.2, -0.15) is 0 Å². The highest BCUT2D eigenvalue weighted by Crippen LogP contribution is 2.31. The fourth-order valence-corrected chi connectivity index (χ4v) is 5.61.